The summed E-state index contributed by atoms with van der Waals surface area (Å²) in [5, 5.41) is 0. The van der Waals surface area contributed by atoms with Crippen LogP contribution in [-0.4, -0.2) is 23.6 Å². The number of hydrogen-bond acceptors (Lipinski definition) is 3. The highest BCUT2D eigenvalue weighted by Crippen LogP contribution is 2.80. The van der Waals surface area contributed by atoms with Gasteiger partial charge in [0.05, 0.1) is 24.0 Å². The lowest BCUT2D eigenvalue weighted by molar-refractivity contribution is -0.219. The Balaban J connectivity index is 1.71. The van der Waals surface area contributed by atoms with E-state index in [1.54, 1.807) is 0 Å². The van der Waals surface area contributed by atoms with Gasteiger partial charge in [0, 0.05) is 5.41 Å². The van der Waals surface area contributed by atoms with Gasteiger partial charge in [0.2, 0.25) is 0 Å². The molecule has 2 saturated carbocycles. The van der Waals surface area contributed by atoms with Gasteiger partial charge in [-0.1, -0.05) is 20.3 Å². The van der Waals surface area contributed by atoms with Gasteiger partial charge in [0.1, 0.15) is 0 Å². The first-order chi connectivity index (χ1) is 7.99. The molecule has 0 amide bonds. The molecule has 0 aromatic heterocycles. The van der Waals surface area contributed by atoms with E-state index in [-0.39, 0.29) is 5.97 Å². The largest absolute Gasteiger partial charge is 0.353 e. The van der Waals surface area contributed by atoms with Crippen LogP contribution < -0.4 is 0 Å². The molecule has 2 aliphatic heterocycles. The summed E-state index contributed by atoms with van der Waals surface area (Å²) in [5.74, 6) is 2.54. The van der Waals surface area contributed by atoms with E-state index in [2.05, 4.69) is 13.8 Å². The smallest absolute Gasteiger partial charge is 0.329 e. The van der Waals surface area contributed by atoms with Crippen LogP contribution in [0.15, 0.2) is 0 Å². The third-order valence-corrected chi connectivity index (χ3v) is 8.71. The Morgan fingerprint density at radius 1 is 1.41 bits per heavy atom. The standard InChI is InChI=1S/C13H20O3S/c1-12(2)9-4-3-6-13(12)8-17(16-11(9)13)7-5-10(14)15-17/h9,11H,3-8H2,1-2H3. The first-order valence-electron chi connectivity index (χ1n) is 6.68. The van der Waals surface area contributed by atoms with Crippen molar-refractivity contribution in [2.75, 3.05) is 11.5 Å². The molecule has 0 aromatic rings. The van der Waals surface area contributed by atoms with E-state index in [1.165, 1.54) is 19.3 Å². The Bertz CT molecular complexity index is 407. The van der Waals surface area contributed by atoms with Crippen molar-refractivity contribution in [3.05, 3.63) is 0 Å². The van der Waals surface area contributed by atoms with E-state index < -0.39 is 10.6 Å². The molecule has 2 saturated heterocycles. The minimum atomic E-state index is -1.50. The van der Waals surface area contributed by atoms with Gasteiger partial charge in [-0.3, -0.25) is 8.98 Å². The van der Waals surface area contributed by atoms with Crippen LogP contribution in [0.2, 0.25) is 0 Å². The molecule has 4 fully saturated rings. The second kappa shape index (κ2) is 2.85. The number of carbonyl (C=O) groups excluding carboxylic acids is 1. The Morgan fingerprint density at radius 2 is 2.24 bits per heavy atom. The molecule has 2 heterocycles. The average molecular weight is 256 g/mol. The fraction of sp³-hybridized carbons (Fsp3) is 0.923. The summed E-state index contributed by atoms with van der Waals surface area (Å²) in [5.41, 5.74) is 0.720. The molecule has 4 atom stereocenters. The van der Waals surface area contributed by atoms with E-state index in [4.69, 9.17) is 8.37 Å². The van der Waals surface area contributed by atoms with Crippen molar-refractivity contribution < 1.29 is 13.2 Å². The van der Waals surface area contributed by atoms with Crippen LogP contribution in [0, 0.1) is 16.7 Å². The maximum absolute atomic E-state index is 11.4. The molecule has 2 aliphatic carbocycles. The predicted octanol–water partition coefficient (Wildman–Crippen LogP) is 2.79. The molecule has 3 nitrogen and oxygen atoms in total. The molecule has 17 heavy (non-hydrogen) atoms. The predicted molar refractivity (Wildman–Crippen MR) is 66.5 cm³/mol. The number of fused-ring (bicyclic) bond motifs is 2. The fourth-order valence-corrected chi connectivity index (χ4v) is 8.34. The Morgan fingerprint density at radius 3 is 2.82 bits per heavy atom. The van der Waals surface area contributed by atoms with Crippen molar-refractivity contribution >= 4 is 16.6 Å². The van der Waals surface area contributed by atoms with E-state index in [0.717, 1.165) is 11.5 Å². The quantitative estimate of drug-likeness (QED) is 0.668. The lowest BCUT2D eigenvalue weighted by Gasteiger charge is -2.66. The van der Waals surface area contributed by atoms with Crippen LogP contribution in [0.25, 0.3) is 0 Å². The van der Waals surface area contributed by atoms with Gasteiger partial charge in [0.25, 0.3) is 0 Å². The van der Waals surface area contributed by atoms with E-state index in [9.17, 15) is 4.79 Å². The van der Waals surface area contributed by atoms with Gasteiger partial charge < -0.3 is 4.18 Å². The maximum Gasteiger partial charge on any atom is 0.329 e. The molecule has 4 unspecified atom stereocenters. The highest BCUT2D eigenvalue weighted by Gasteiger charge is 2.75. The van der Waals surface area contributed by atoms with Gasteiger partial charge in [-0.25, -0.2) is 0 Å². The zero-order valence-electron chi connectivity index (χ0n) is 10.5. The maximum atomic E-state index is 11.4. The molecular formula is C13H20O3S. The summed E-state index contributed by atoms with van der Waals surface area (Å²) in [6.45, 7) is 4.79. The Hall–Kier alpha value is -0.220. The van der Waals surface area contributed by atoms with Crippen molar-refractivity contribution in [2.45, 2.75) is 45.6 Å². The lowest BCUT2D eigenvalue weighted by atomic mass is 9.39. The van der Waals surface area contributed by atoms with Crippen LogP contribution >= 0.6 is 10.6 Å². The van der Waals surface area contributed by atoms with Crippen molar-refractivity contribution in [1.82, 2.24) is 0 Å². The van der Waals surface area contributed by atoms with Gasteiger partial charge in [-0.15, -0.1) is 10.6 Å². The van der Waals surface area contributed by atoms with Crippen LogP contribution in [-0.2, 0) is 13.2 Å². The number of carbonyl (C=O) groups is 1. The van der Waals surface area contributed by atoms with E-state index in [1.807, 2.05) is 0 Å². The van der Waals surface area contributed by atoms with Gasteiger partial charge in [-0.05, 0) is 24.2 Å². The molecule has 4 aliphatic rings. The van der Waals surface area contributed by atoms with Gasteiger partial charge in [0.15, 0.2) is 0 Å². The number of rotatable bonds is 0. The second-order valence-corrected chi connectivity index (χ2v) is 9.23. The molecule has 0 N–H and O–H groups in total. The molecular weight excluding hydrogens is 236 g/mol. The summed E-state index contributed by atoms with van der Waals surface area (Å²) in [6, 6.07) is 0. The van der Waals surface area contributed by atoms with Crippen molar-refractivity contribution in [3.8, 4) is 0 Å². The molecule has 4 heteroatoms. The van der Waals surface area contributed by atoms with Crippen molar-refractivity contribution in [3.63, 3.8) is 0 Å². The Kier molecular flexibility index (Phi) is 1.79. The second-order valence-electron chi connectivity index (χ2n) is 6.69. The summed E-state index contributed by atoms with van der Waals surface area (Å²) in [7, 11) is -1.50. The third kappa shape index (κ3) is 1.04. The monoisotopic (exact) mass is 256 g/mol. The number of hydrogen-bond donors (Lipinski definition) is 0. The fourth-order valence-electron chi connectivity index (χ4n) is 4.79. The normalized spacial score (nSPS) is 58.1. The molecule has 2 spiro atoms. The molecule has 2 bridgehead atoms. The first kappa shape index (κ1) is 10.7. The summed E-state index contributed by atoms with van der Waals surface area (Å²) < 4.78 is 11.9. The summed E-state index contributed by atoms with van der Waals surface area (Å²) >= 11 is 0. The highest BCUT2D eigenvalue weighted by atomic mass is 32.3. The zero-order valence-corrected chi connectivity index (χ0v) is 11.3. The minimum Gasteiger partial charge on any atom is -0.353 e. The Labute approximate surface area is 104 Å². The molecule has 0 radical (unpaired) electrons. The first-order valence-corrected chi connectivity index (χ1v) is 8.51. The van der Waals surface area contributed by atoms with Crippen molar-refractivity contribution in [1.29, 1.82) is 0 Å². The zero-order chi connectivity index (χ0) is 11.9. The van der Waals surface area contributed by atoms with Gasteiger partial charge >= 0.3 is 5.97 Å². The van der Waals surface area contributed by atoms with E-state index in [0.29, 0.717) is 29.3 Å². The highest BCUT2D eigenvalue weighted by molar-refractivity contribution is 8.26. The van der Waals surface area contributed by atoms with E-state index >= 15 is 0 Å². The van der Waals surface area contributed by atoms with Crippen LogP contribution in [0.5, 0.6) is 0 Å². The SMILES string of the molecule is CC1(C)C2CCCC13CS1(CCC(=O)O1)OC23. The van der Waals surface area contributed by atoms with Crippen LogP contribution in [0.3, 0.4) is 0 Å². The summed E-state index contributed by atoms with van der Waals surface area (Å²) in [6.07, 6.45) is 4.86. The molecule has 96 valence electrons. The molecule has 0 aromatic carbocycles. The minimum absolute atomic E-state index is 0.0370. The summed E-state index contributed by atoms with van der Waals surface area (Å²) in [4.78, 5) is 11.4. The lowest BCUT2D eigenvalue weighted by Crippen LogP contribution is -2.67. The topological polar surface area (TPSA) is 35.5 Å². The average Bonchev–Trinajstić information content (AvgIpc) is 2.77. The van der Waals surface area contributed by atoms with Crippen molar-refractivity contribution in [2.24, 2.45) is 16.7 Å². The molecule has 4 rings (SSSR count). The third-order valence-electron chi connectivity index (χ3n) is 5.88. The van der Waals surface area contributed by atoms with Crippen LogP contribution in [0.1, 0.15) is 39.5 Å². The van der Waals surface area contributed by atoms with Crippen LogP contribution in [0.4, 0.5) is 0 Å². The van der Waals surface area contributed by atoms with Gasteiger partial charge in [-0.2, -0.15) is 0 Å².